The molecule has 3 aromatic rings. The highest BCUT2D eigenvalue weighted by molar-refractivity contribution is 8.00. The van der Waals surface area contributed by atoms with Crippen LogP contribution in [0, 0.1) is 0 Å². The van der Waals surface area contributed by atoms with Crippen molar-refractivity contribution >= 4 is 34.1 Å². The van der Waals surface area contributed by atoms with E-state index in [1.165, 1.54) is 36.3 Å². The first-order valence-corrected chi connectivity index (χ1v) is 9.87. The number of phenols is 2. The maximum absolute atomic E-state index is 12.5. The lowest BCUT2D eigenvalue weighted by Gasteiger charge is -2.21. The fraction of sp³-hybridized carbons (Fsp3) is 0.167. The third kappa shape index (κ3) is 3.31. The molecule has 0 aliphatic carbocycles. The van der Waals surface area contributed by atoms with Crippen molar-refractivity contribution in [2.45, 2.75) is 5.37 Å². The first kappa shape index (κ1) is 17.6. The maximum atomic E-state index is 12.5. The number of amides is 1. The Hall–Kier alpha value is -2.78. The largest absolute Gasteiger partial charge is 0.508 e. The van der Waals surface area contributed by atoms with Gasteiger partial charge in [-0.3, -0.25) is 9.69 Å². The molecule has 27 heavy (non-hydrogen) atoms. The van der Waals surface area contributed by atoms with Gasteiger partial charge >= 0.3 is 0 Å². The molecule has 0 radical (unpaired) electrons. The third-order valence-corrected chi connectivity index (χ3v) is 6.23. The van der Waals surface area contributed by atoms with Crippen LogP contribution < -0.4 is 9.64 Å². The van der Waals surface area contributed by atoms with Gasteiger partial charge in [0, 0.05) is 6.07 Å². The van der Waals surface area contributed by atoms with Crippen LogP contribution in [0.4, 0.5) is 5.13 Å². The van der Waals surface area contributed by atoms with E-state index in [2.05, 4.69) is 10.2 Å². The highest BCUT2D eigenvalue weighted by Gasteiger charge is 2.37. The van der Waals surface area contributed by atoms with E-state index in [0.717, 1.165) is 5.56 Å². The van der Waals surface area contributed by atoms with Crippen LogP contribution in [0.2, 0.25) is 0 Å². The van der Waals surface area contributed by atoms with Crippen molar-refractivity contribution in [3.05, 3.63) is 48.0 Å². The second-order valence-electron chi connectivity index (χ2n) is 5.80. The molecule has 1 aromatic heterocycles. The number of hydrogen-bond donors (Lipinski definition) is 2. The van der Waals surface area contributed by atoms with Gasteiger partial charge in [-0.2, -0.15) is 0 Å². The molecule has 1 unspecified atom stereocenters. The van der Waals surface area contributed by atoms with Crippen LogP contribution in [0.5, 0.6) is 17.2 Å². The van der Waals surface area contributed by atoms with E-state index in [1.807, 2.05) is 0 Å². The number of thioether (sulfide) groups is 1. The van der Waals surface area contributed by atoms with Crippen molar-refractivity contribution in [1.29, 1.82) is 0 Å². The zero-order chi connectivity index (χ0) is 19.0. The van der Waals surface area contributed by atoms with Crippen molar-refractivity contribution in [3.63, 3.8) is 0 Å². The Balaban J connectivity index is 1.71. The summed E-state index contributed by atoms with van der Waals surface area (Å²) in [6.45, 7) is 0. The van der Waals surface area contributed by atoms with Crippen LogP contribution in [0.25, 0.3) is 10.6 Å². The summed E-state index contributed by atoms with van der Waals surface area (Å²) in [7, 11) is 1.52. The van der Waals surface area contributed by atoms with Crippen LogP contribution in [-0.4, -0.2) is 39.2 Å². The Morgan fingerprint density at radius 2 is 2.00 bits per heavy atom. The average Bonchev–Trinajstić information content (AvgIpc) is 3.28. The Kier molecular flexibility index (Phi) is 4.63. The summed E-state index contributed by atoms with van der Waals surface area (Å²) in [4.78, 5) is 14.1. The molecule has 1 saturated heterocycles. The zero-order valence-electron chi connectivity index (χ0n) is 14.2. The number of aromatic hydroxyl groups is 2. The van der Waals surface area contributed by atoms with Crippen LogP contribution in [-0.2, 0) is 4.79 Å². The minimum atomic E-state index is -0.344. The van der Waals surface area contributed by atoms with Crippen molar-refractivity contribution in [3.8, 4) is 27.8 Å². The second-order valence-corrected chi connectivity index (χ2v) is 7.82. The van der Waals surface area contributed by atoms with Gasteiger partial charge in [0.2, 0.25) is 11.0 Å². The predicted octanol–water partition coefficient (Wildman–Crippen LogP) is 3.40. The minimum Gasteiger partial charge on any atom is -0.508 e. The number of carbonyl (C=O) groups is 1. The second kappa shape index (κ2) is 7.09. The van der Waals surface area contributed by atoms with Gasteiger partial charge in [-0.25, -0.2) is 0 Å². The molecule has 0 saturated carbocycles. The molecule has 1 amide bonds. The number of carbonyl (C=O) groups excluding carboxylic acids is 1. The molecule has 138 valence electrons. The quantitative estimate of drug-likeness (QED) is 0.692. The Morgan fingerprint density at radius 1 is 1.19 bits per heavy atom. The number of phenolic OH excluding ortho intramolecular Hbond substituents is 2. The Morgan fingerprint density at radius 3 is 2.78 bits per heavy atom. The molecule has 0 spiro atoms. The fourth-order valence-corrected chi connectivity index (χ4v) is 4.95. The number of anilines is 1. The number of methoxy groups -OCH3 is 1. The Labute approximate surface area is 163 Å². The number of rotatable bonds is 4. The van der Waals surface area contributed by atoms with Gasteiger partial charge in [0.25, 0.3) is 0 Å². The van der Waals surface area contributed by atoms with Crippen LogP contribution in [0.3, 0.4) is 0 Å². The number of nitrogens with zero attached hydrogens (tertiary/aromatic N) is 3. The molecule has 1 fully saturated rings. The SMILES string of the molecule is COc1cc(O)cc(C2SCC(=O)N2c2nnc(-c3ccccc3O)s2)c1. The molecular weight excluding hydrogens is 386 g/mol. The summed E-state index contributed by atoms with van der Waals surface area (Å²) in [6.07, 6.45) is 0. The minimum absolute atomic E-state index is 0.0661. The van der Waals surface area contributed by atoms with E-state index >= 15 is 0 Å². The molecule has 2 N–H and O–H groups in total. The molecule has 1 atom stereocenters. The smallest absolute Gasteiger partial charge is 0.240 e. The van der Waals surface area contributed by atoms with E-state index in [-0.39, 0.29) is 22.8 Å². The van der Waals surface area contributed by atoms with E-state index in [9.17, 15) is 15.0 Å². The molecule has 7 nitrogen and oxygen atoms in total. The summed E-state index contributed by atoms with van der Waals surface area (Å²) in [6, 6.07) is 11.8. The molecular formula is C18H15N3O4S2. The van der Waals surface area contributed by atoms with Crippen molar-refractivity contribution in [2.75, 3.05) is 17.8 Å². The standard InChI is InChI=1S/C18H15N3O4S2/c1-25-12-7-10(6-11(22)8-12)17-21(15(24)9-26-17)18-20-19-16(27-18)13-4-2-3-5-14(13)23/h2-8,17,22-23H,9H2,1H3. The lowest BCUT2D eigenvalue weighted by Crippen LogP contribution is -2.27. The predicted molar refractivity (Wildman–Crippen MR) is 104 cm³/mol. The van der Waals surface area contributed by atoms with E-state index in [1.54, 1.807) is 41.3 Å². The van der Waals surface area contributed by atoms with Crippen molar-refractivity contribution in [2.24, 2.45) is 0 Å². The summed E-state index contributed by atoms with van der Waals surface area (Å²) >= 11 is 2.67. The van der Waals surface area contributed by atoms with E-state index < -0.39 is 0 Å². The third-order valence-electron chi connectivity index (χ3n) is 4.06. The lowest BCUT2D eigenvalue weighted by atomic mass is 10.2. The van der Waals surface area contributed by atoms with Crippen molar-refractivity contribution in [1.82, 2.24) is 10.2 Å². The van der Waals surface area contributed by atoms with Gasteiger partial charge in [0.15, 0.2) is 5.01 Å². The number of ether oxygens (including phenoxy) is 1. The summed E-state index contributed by atoms with van der Waals surface area (Å²) in [5.41, 5.74) is 1.30. The van der Waals surface area contributed by atoms with Gasteiger partial charge in [-0.15, -0.1) is 22.0 Å². The molecule has 0 bridgehead atoms. The van der Waals surface area contributed by atoms with Gasteiger partial charge in [0.1, 0.15) is 22.6 Å². The van der Waals surface area contributed by atoms with Crippen LogP contribution in [0.1, 0.15) is 10.9 Å². The van der Waals surface area contributed by atoms with Gasteiger partial charge < -0.3 is 14.9 Å². The molecule has 9 heteroatoms. The average molecular weight is 401 g/mol. The van der Waals surface area contributed by atoms with Gasteiger partial charge in [-0.1, -0.05) is 23.5 Å². The first-order valence-electron chi connectivity index (χ1n) is 8.00. The van der Waals surface area contributed by atoms with E-state index in [4.69, 9.17) is 4.74 Å². The molecule has 1 aliphatic heterocycles. The number of hydrogen-bond acceptors (Lipinski definition) is 8. The highest BCUT2D eigenvalue weighted by Crippen LogP contribution is 2.45. The summed E-state index contributed by atoms with van der Waals surface area (Å²) in [5.74, 6) is 0.895. The first-order chi connectivity index (χ1) is 13.1. The zero-order valence-corrected chi connectivity index (χ0v) is 15.8. The topological polar surface area (TPSA) is 95.8 Å². The lowest BCUT2D eigenvalue weighted by molar-refractivity contribution is -0.115. The van der Waals surface area contributed by atoms with Crippen LogP contribution >= 0.6 is 23.1 Å². The summed E-state index contributed by atoms with van der Waals surface area (Å²) < 4.78 is 5.21. The highest BCUT2D eigenvalue weighted by atomic mass is 32.2. The van der Waals surface area contributed by atoms with E-state index in [0.29, 0.717) is 27.2 Å². The van der Waals surface area contributed by atoms with Crippen molar-refractivity contribution < 1.29 is 19.7 Å². The maximum Gasteiger partial charge on any atom is 0.240 e. The summed E-state index contributed by atoms with van der Waals surface area (Å²) in [5, 5.41) is 28.9. The molecule has 2 heterocycles. The van der Waals surface area contributed by atoms with Gasteiger partial charge in [0.05, 0.1) is 18.4 Å². The molecule has 2 aromatic carbocycles. The normalized spacial score (nSPS) is 16.7. The number of para-hydroxylation sites is 1. The number of benzene rings is 2. The molecule has 4 rings (SSSR count). The Bertz CT molecular complexity index is 1010. The molecule has 1 aliphatic rings. The monoisotopic (exact) mass is 401 g/mol. The fourth-order valence-electron chi connectivity index (χ4n) is 2.82. The van der Waals surface area contributed by atoms with Crippen LogP contribution in [0.15, 0.2) is 42.5 Å². The number of aromatic nitrogens is 2. The van der Waals surface area contributed by atoms with Gasteiger partial charge in [-0.05, 0) is 29.8 Å².